The van der Waals surface area contributed by atoms with Crippen molar-refractivity contribution < 1.29 is 19.4 Å². The van der Waals surface area contributed by atoms with Gasteiger partial charge in [0.05, 0.1) is 6.61 Å². The highest BCUT2D eigenvalue weighted by Crippen LogP contribution is 2.60. The first-order valence-corrected chi connectivity index (χ1v) is 8.42. The van der Waals surface area contributed by atoms with Gasteiger partial charge in [-0.3, -0.25) is 9.59 Å². The molecule has 4 heteroatoms. The van der Waals surface area contributed by atoms with Crippen molar-refractivity contribution in [3.8, 4) is 0 Å². The summed E-state index contributed by atoms with van der Waals surface area (Å²) in [5.41, 5.74) is 0.283. The molecular weight excluding hydrogens is 268 g/mol. The van der Waals surface area contributed by atoms with Gasteiger partial charge in [-0.1, -0.05) is 0 Å². The maximum atomic E-state index is 11.8. The summed E-state index contributed by atoms with van der Waals surface area (Å²) in [4.78, 5) is 22.2. The molecule has 1 N–H and O–H groups in total. The molecule has 4 nitrogen and oxygen atoms in total. The SMILES string of the molecule is O=C(O)CCCCC(=O)OCC12CC3CC(CC(C3)C1)C2. The second-order valence-electron chi connectivity index (χ2n) is 7.68. The van der Waals surface area contributed by atoms with Crippen LogP contribution in [0, 0.1) is 23.2 Å². The van der Waals surface area contributed by atoms with Crippen LogP contribution in [0.4, 0.5) is 0 Å². The number of carboxylic acid groups (broad SMARTS) is 1. The molecular formula is C17H26O4. The molecule has 0 saturated heterocycles. The van der Waals surface area contributed by atoms with E-state index >= 15 is 0 Å². The molecule has 0 aromatic rings. The Morgan fingerprint density at radius 1 is 0.952 bits per heavy atom. The van der Waals surface area contributed by atoms with Gasteiger partial charge in [-0.05, 0) is 69.1 Å². The number of esters is 1. The molecule has 0 spiro atoms. The molecule has 0 aromatic carbocycles. The fourth-order valence-electron chi connectivity index (χ4n) is 5.32. The van der Waals surface area contributed by atoms with Crippen LogP contribution in [0.1, 0.15) is 64.2 Å². The zero-order valence-electron chi connectivity index (χ0n) is 12.7. The number of hydrogen-bond acceptors (Lipinski definition) is 3. The van der Waals surface area contributed by atoms with Crippen LogP contribution in [-0.4, -0.2) is 23.7 Å². The standard InChI is InChI=1S/C17H26O4/c18-15(19)3-1-2-4-16(20)21-11-17-8-12-5-13(9-17)7-14(6-12)10-17/h12-14H,1-11H2,(H,18,19). The first kappa shape index (κ1) is 14.9. The van der Waals surface area contributed by atoms with Gasteiger partial charge in [-0.2, -0.15) is 0 Å². The van der Waals surface area contributed by atoms with Crippen molar-refractivity contribution in [3.63, 3.8) is 0 Å². The lowest BCUT2D eigenvalue weighted by molar-refractivity contribution is -0.155. The first-order valence-electron chi connectivity index (χ1n) is 8.42. The lowest BCUT2D eigenvalue weighted by atomic mass is 9.50. The monoisotopic (exact) mass is 294 g/mol. The topological polar surface area (TPSA) is 63.6 Å². The van der Waals surface area contributed by atoms with E-state index in [9.17, 15) is 9.59 Å². The predicted molar refractivity (Wildman–Crippen MR) is 77.7 cm³/mol. The molecule has 4 saturated carbocycles. The Kier molecular flexibility index (Phi) is 4.23. The molecule has 0 heterocycles. The van der Waals surface area contributed by atoms with Gasteiger partial charge in [0.15, 0.2) is 0 Å². The number of carbonyl (C=O) groups excluding carboxylic acids is 1. The molecule has 4 fully saturated rings. The van der Waals surface area contributed by atoms with Gasteiger partial charge in [-0.25, -0.2) is 0 Å². The second-order valence-corrected chi connectivity index (χ2v) is 7.68. The fourth-order valence-corrected chi connectivity index (χ4v) is 5.32. The quantitative estimate of drug-likeness (QED) is 0.577. The van der Waals surface area contributed by atoms with E-state index in [0.29, 0.717) is 25.9 Å². The largest absolute Gasteiger partial charge is 0.481 e. The van der Waals surface area contributed by atoms with E-state index in [1.807, 2.05) is 0 Å². The number of ether oxygens (including phenoxy) is 1. The normalized spacial score (nSPS) is 36.7. The summed E-state index contributed by atoms with van der Waals surface area (Å²) in [6.45, 7) is 0.605. The van der Waals surface area contributed by atoms with Crippen molar-refractivity contribution in [2.45, 2.75) is 64.2 Å². The Hall–Kier alpha value is -1.06. The number of rotatable bonds is 7. The zero-order valence-corrected chi connectivity index (χ0v) is 12.7. The molecule has 0 atom stereocenters. The van der Waals surface area contributed by atoms with Crippen LogP contribution in [0.2, 0.25) is 0 Å². The lowest BCUT2D eigenvalue weighted by Crippen LogP contribution is -2.48. The summed E-state index contributed by atoms with van der Waals surface area (Å²) in [5.74, 6) is 1.70. The Morgan fingerprint density at radius 3 is 2.00 bits per heavy atom. The van der Waals surface area contributed by atoms with Crippen molar-refractivity contribution in [1.82, 2.24) is 0 Å². The Labute approximate surface area is 126 Å². The summed E-state index contributed by atoms with van der Waals surface area (Å²) in [7, 11) is 0. The maximum absolute atomic E-state index is 11.8. The minimum absolute atomic E-state index is 0.141. The van der Waals surface area contributed by atoms with Crippen molar-refractivity contribution in [2.75, 3.05) is 6.61 Å². The number of hydrogen-bond donors (Lipinski definition) is 1. The first-order chi connectivity index (χ1) is 10.0. The molecule has 4 aliphatic rings. The fraction of sp³-hybridized carbons (Fsp3) is 0.882. The second kappa shape index (κ2) is 5.98. The number of carbonyl (C=O) groups is 2. The summed E-state index contributed by atoms with van der Waals surface area (Å²) in [6, 6.07) is 0. The third kappa shape index (κ3) is 3.58. The minimum atomic E-state index is -0.795. The molecule has 4 bridgehead atoms. The highest BCUT2D eigenvalue weighted by molar-refractivity contribution is 5.69. The van der Waals surface area contributed by atoms with Crippen molar-refractivity contribution in [1.29, 1.82) is 0 Å². The van der Waals surface area contributed by atoms with E-state index in [2.05, 4.69) is 0 Å². The van der Waals surface area contributed by atoms with Crippen LogP contribution in [-0.2, 0) is 14.3 Å². The molecule has 0 radical (unpaired) electrons. The average molecular weight is 294 g/mol. The van der Waals surface area contributed by atoms with Gasteiger partial charge in [-0.15, -0.1) is 0 Å². The Balaban J connectivity index is 1.40. The number of unbranched alkanes of at least 4 members (excludes halogenated alkanes) is 1. The highest BCUT2D eigenvalue weighted by Gasteiger charge is 2.51. The molecule has 118 valence electrons. The third-order valence-electron chi connectivity index (χ3n) is 5.73. The van der Waals surface area contributed by atoms with E-state index < -0.39 is 5.97 Å². The molecule has 0 unspecified atom stereocenters. The van der Waals surface area contributed by atoms with Crippen molar-refractivity contribution in [3.05, 3.63) is 0 Å². The highest BCUT2D eigenvalue weighted by atomic mass is 16.5. The van der Waals surface area contributed by atoms with Gasteiger partial charge >= 0.3 is 11.9 Å². The van der Waals surface area contributed by atoms with Gasteiger partial charge < -0.3 is 9.84 Å². The number of aliphatic carboxylic acids is 1. The van der Waals surface area contributed by atoms with Crippen LogP contribution in [0.3, 0.4) is 0 Å². The smallest absolute Gasteiger partial charge is 0.305 e. The summed E-state index contributed by atoms with van der Waals surface area (Å²) >= 11 is 0. The van der Waals surface area contributed by atoms with E-state index in [1.54, 1.807) is 0 Å². The lowest BCUT2D eigenvalue weighted by Gasteiger charge is -2.56. The molecule has 4 rings (SSSR count). The minimum Gasteiger partial charge on any atom is -0.481 e. The van der Waals surface area contributed by atoms with E-state index in [4.69, 9.17) is 9.84 Å². The van der Waals surface area contributed by atoms with Gasteiger partial charge in [0.1, 0.15) is 0 Å². The third-order valence-corrected chi connectivity index (χ3v) is 5.73. The molecule has 0 aliphatic heterocycles. The molecule has 0 amide bonds. The zero-order chi connectivity index (χ0) is 14.9. The maximum Gasteiger partial charge on any atom is 0.305 e. The summed E-state index contributed by atoms with van der Waals surface area (Å²) < 4.78 is 5.55. The van der Waals surface area contributed by atoms with Gasteiger partial charge in [0.25, 0.3) is 0 Å². The van der Waals surface area contributed by atoms with E-state index in [1.165, 1.54) is 38.5 Å². The van der Waals surface area contributed by atoms with Gasteiger partial charge in [0, 0.05) is 18.3 Å². The molecule has 0 aromatic heterocycles. The van der Waals surface area contributed by atoms with E-state index in [0.717, 1.165) is 17.8 Å². The molecule has 4 aliphatic carbocycles. The Morgan fingerprint density at radius 2 is 1.48 bits per heavy atom. The number of carboxylic acids is 1. The van der Waals surface area contributed by atoms with E-state index in [-0.39, 0.29) is 17.8 Å². The summed E-state index contributed by atoms with van der Waals surface area (Å²) in [5, 5.41) is 8.56. The van der Waals surface area contributed by atoms with Crippen molar-refractivity contribution in [2.24, 2.45) is 23.2 Å². The molecule has 21 heavy (non-hydrogen) atoms. The average Bonchev–Trinajstić information content (AvgIpc) is 2.40. The predicted octanol–water partition coefficient (Wildman–Crippen LogP) is 3.39. The van der Waals surface area contributed by atoms with Crippen LogP contribution in [0.5, 0.6) is 0 Å². The Bertz CT molecular complexity index is 380. The van der Waals surface area contributed by atoms with Crippen LogP contribution in [0.25, 0.3) is 0 Å². The van der Waals surface area contributed by atoms with Crippen LogP contribution >= 0.6 is 0 Å². The van der Waals surface area contributed by atoms with Crippen molar-refractivity contribution >= 4 is 11.9 Å². The summed E-state index contributed by atoms with van der Waals surface area (Å²) in [6.07, 6.45) is 9.66. The van der Waals surface area contributed by atoms with Crippen LogP contribution < -0.4 is 0 Å². The van der Waals surface area contributed by atoms with Crippen LogP contribution in [0.15, 0.2) is 0 Å². The van der Waals surface area contributed by atoms with Gasteiger partial charge in [0.2, 0.25) is 0 Å².